The van der Waals surface area contributed by atoms with Crippen molar-refractivity contribution in [3.8, 4) is 0 Å². The first kappa shape index (κ1) is 18.0. The predicted octanol–water partition coefficient (Wildman–Crippen LogP) is 3.00. The van der Waals surface area contributed by atoms with Crippen molar-refractivity contribution in [2.24, 2.45) is 0 Å². The van der Waals surface area contributed by atoms with Gasteiger partial charge in [-0.1, -0.05) is 48.0 Å². The third-order valence-corrected chi connectivity index (χ3v) is 4.99. The molecule has 0 saturated heterocycles. The van der Waals surface area contributed by atoms with E-state index >= 15 is 0 Å². The summed E-state index contributed by atoms with van der Waals surface area (Å²) in [5, 5.41) is 2.66. The van der Waals surface area contributed by atoms with E-state index in [-0.39, 0.29) is 10.9 Å². The highest BCUT2D eigenvalue weighted by molar-refractivity contribution is 7.90. The van der Waals surface area contributed by atoms with Gasteiger partial charge >= 0.3 is 6.03 Å². The second-order valence-corrected chi connectivity index (χ2v) is 7.50. The van der Waals surface area contributed by atoms with Crippen molar-refractivity contribution in [2.45, 2.75) is 37.6 Å². The summed E-state index contributed by atoms with van der Waals surface area (Å²) < 4.78 is 26.3. The number of hydrogen-bond acceptors (Lipinski definition) is 3. The number of urea groups is 1. The summed E-state index contributed by atoms with van der Waals surface area (Å²) >= 11 is 0. The van der Waals surface area contributed by atoms with Crippen LogP contribution in [0.2, 0.25) is 0 Å². The molecule has 5 nitrogen and oxygen atoms in total. The largest absolute Gasteiger partial charge is 0.335 e. The summed E-state index contributed by atoms with van der Waals surface area (Å²) in [5.41, 5.74) is 2.13. The van der Waals surface area contributed by atoms with Gasteiger partial charge < -0.3 is 5.32 Å². The van der Waals surface area contributed by atoms with Crippen LogP contribution < -0.4 is 10.0 Å². The summed E-state index contributed by atoms with van der Waals surface area (Å²) in [6.45, 7) is 3.71. The van der Waals surface area contributed by atoms with Crippen LogP contribution in [0.25, 0.3) is 0 Å². The Hall–Kier alpha value is -2.34. The minimum Gasteiger partial charge on any atom is -0.335 e. The van der Waals surface area contributed by atoms with E-state index in [1.807, 2.05) is 48.9 Å². The molecule has 2 aromatic rings. The maximum Gasteiger partial charge on any atom is 0.328 e. The Bertz CT molecular complexity index is 772. The number of carbonyl (C=O) groups is 1. The molecule has 128 valence electrons. The van der Waals surface area contributed by atoms with Gasteiger partial charge in [-0.05, 0) is 44.4 Å². The van der Waals surface area contributed by atoms with Gasteiger partial charge in [-0.25, -0.2) is 17.9 Å². The van der Waals surface area contributed by atoms with Gasteiger partial charge in [0.25, 0.3) is 10.0 Å². The number of hydrogen-bond donors (Lipinski definition) is 2. The molecule has 0 aliphatic heterocycles. The van der Waals surface area contributed by atoms with Crippen LogP contribution in [0.5, 0.6) is 0 Å². The predicted molar refractivity (Wildman–Crippen MR) is 94.3 cm³/mol. The van der Waals surface area contributed by atoms with E-state index in [1.54, 1.807) is 12.1 Å². The molecular weight excluding hydrogens is 324 g/mol. The van der Waals surface area contributed by atoms with Gasteiger partial charge in [0, 0.05) is 6.04 Å². The van der Waals surface area contributed by atoms with Crippen LogP contribution in [0, 0.1) is 6.92 Å². The molecule has 2 N–H and O–H groups in total. The van der Waals surface area contributed by atoms with Crippen molar-refractivity contribution in [2.75, 3.05) is 0 Å². The minimum atomic E-state index is -3.85. The standard InChI is InChI=1S/C18H22N2O3S/c1-14-8-12-17(13-9-14)24(22,23)20-18(21)19-15(2)10-11-16-6-4-3-5-7-16/h3-9,12-13,15H,10-11H2,1-2H3,(H2,19,20,21)/t15-/m0/s1. The lowest BCUT2D eigenvalue weighted by atomic mass is 10.1. The molecular formula is C18H22N2O3S. The van der Waals surface area contributed by atoms with Crippen LogP contribution in [0.15, 0.2) is 59.5 Å². The van der Waals surface area contributed by atoms with Gasteiger partial charge in [0.2, 0.25) is 0 Å². The zero-order chi connectivity index (χ0) is 17.6. The summed E-state index contributed by atoms with van der Waals surface area (Å²) in [6.07, 6.45) is 1.54. The van der Waals surface area contributed by atoms with Gasteiger partial charge in [0.15, 0.2) is 0 Å². The van der Waals surface area contributed by atoms with E-state index in [2.05, 4.69) is 5.32 Å². The number of aryl methyl sites for hydroxylation is 2. The molecule has 0 radical (unpaired) electrons. The smallest absolute Gasteiger partial charge is 0.328 e. The molecule has 2 amide bonds. The van der Waals surface area contributed by atoms with E-state index < -0.39 is 16.1 Å². The summed E-state index contributed by atoms with van der Waals surface area (Å²) in [4.78, 5) is 12.0. The Morgan fingerprint density at radius 1 is 1.04 bits per heavy atom. The normalized spacial score (nSPS) is 12.4. The molecule has 0 heterocycles. The Balaban J connectivity index is 1.86. The Kier molecular flexibility index (Phi) is 5.98. The molecule has 0 saturated carbocycles. The second-order valence-electron chi connectivity index (χ2n) is 5.82. The number of carbonyl (C=O) groups excluding carboxylic acids is 1. The van der Waals surface area contributed by atoms with Crippen molar-refractivity contribution in [1.82, 2.24) is 10.0 Å². The molecule has 0 aliphatic carbocycles. The lowest BCUT2D eigenvalue weighted by Crippen LogP contribution is -2.43. The van der Waals surface area contributed by atoms with E-state index in [0.29, 0.717) is 0 Å². The number of sulfonamides is 1. The average molecular weight is 346 g/mol. The lowest BCUT2D eigenvalue weighted by Gasteiger charge is -2.15. The summed E-state index contributed by atoms with van der Waals surface area (Å²) in [6, 6.07) is 15.4. The summed E-state index contributed by atoms with van der Waals surface area (Å²) in [5.74, 6) is 0. The third-order valence-electron chi connectivity index (χ3n) is 3.64. The van der Waals surface area contributed by atoms with Crippen LogP contribution in [0.4, 0.5) is 4.79 Å². The first-order chi connectivity index (χ1) is 11.4. The zero-order valence-corrected chi connectivity index (χ0v) is 14.6. The molecule has 1 atom stereocenters. The van der Waals surface area contributed by atoms with Gasteiger partial charge in [-0.3, -0.25) is 0 Å². The van der Waals surface area contributed by atoms with Crippen molar-refractivity contribution in [3.05, 3.63) is 65.7 Å². The van der Waals surface area contributed by atoms with Crippen LogP contribution in [0.1, 0.15) is 24.5 Å². The van der Waals surface area contributed by atoms with Crippen LogP contribution >= 0.6 is 0 Å². The fourth-order valence-electron chi connectivity index (χ4n) is 2.25. The first-order valence-corrected chi connectivity index (χ1v) is 9.29. The molecule has 0 bridgehead atoms. The maximum atomic E-state index is 12.1. The van der Waals surface area contributed by atoms with Gasteiger partial charge in [-0.2, -0.15) is 0 Å². The topological polar surface area (TPSA) is 75.3 Å². The fourth-order valence-corrected chi connectivity index (χ4v) is 3.17. The van der Waals surface area contributed by atoms with Crippen LogP contribution in [-0.2, 0) is 16.4 Å². The van der Waals surface area contributed by atoms with E-state index in [1.165, 1.54) is 17.7 Å². The number of nitrogens with one attached hydrogen (secondary N) is 2. The van der Waals surface area contributed by atoms with E-state index in [0.717, 1.165) is 18.4 Å². The number of rotatable bonds is 6. The molecule has 0 aromatic heterocycles. The SMILES string of the molecule is Cc1ccc(S(=O)(=O)NC(=O)N[C@@H](C)CCc2ccccc2)cc1. The Morgan fingerprint density at radius 2 is 1.67 bits per heavy atom. The molecule has 0 spiro atoms. The zero-order valence-electron chi connectivity index (χ0n) is 13.8. The van der Waals surface area contributed by atoms with Crippen molar-refractivity contribution < 1.29 is 13.2 Å². The van der Waals surface area contributed by atoms with Crippen molar-refractivity contribution in [3.63, 3.8) is 0 Å². The Labute approximate surface area is 143 Å². The number of benzene rings is 2. The molecule has 0 fully saturated rings. The summed E-state index contributed by atoms with van der Waals surface area (Å²) in [7, 11) is -3.85. The molecule has 0 aliphatic rings. The van der Waals surface area contributed by atoms with Crippen LogP contribution in [-0.4, -0.2) is 20.5 Å². The highest BCUT2D eigenvalue weighted by Gasteiger charge is 2.18. The highest BCUT2D eigenvalue weighted by atomic mass is 32.2. The quantitative estimate of drug-likeness (QED) is 0.844. The van der Waals surface area contributed by atoms with Gasteiger partial charge in [0.05, 0.1) is 4.90 Å². The monoisotopic (exact) mass is 346 g/mol. The number of amides is 2. The third kappa shape index (κ3) is 5.38. The maximum absolute atomic E-state index is 12.1. The minimum absolute atomic E-state index is 0.0696. The molecule has 0 unspecified atom stereocenters. The molecule has 2 rings (SSSR count). The molecule has 2 aromatic carbocycles. The molecule has 6 heteroatoms. The Morgan fingerprint density at radius 3 is 2.29 bits per heavy atom. The highest BCUT2D eigenvalue weighted by Crippen LogP contribution is 2.10. The first-order valence-electron chi connectivity index (χ1n) is 7.81. The van der Waals surface area contributed by atoms with Crippen molar-refractivity contribution in [1.29, 1.82) is 0 Å². The average Bonchev–Trinajstić information content (AvgIpc) is 2.53. The van der Waals surface area contributed by atoms with Gasteiger partial charge in [-0.15, -0.1) is 0 Å². The lowest BCUT2D eigenvalue weighted by molar-refractivity contribution is 0.242. The van der Waals surface area contributed by atoms with E-state index in [9.17, 15) is 13.2 Å². The fraction of sp³-hybridized carbons (Fsp3) is 0.278. The van der Waals surface area contributed by atoms with Gasteiger partial charge in [0.1, 0.15) is 0 Å². The molecule has 24 heavy (non-hydrogen) atoms. The van der Waals surface area contributed by atoms with E-state index in [4.69, 9.17) is 0 Å². The van der Waals surface area contributed by atoms with Crippen LogP contribution in [0.3, 0.4) is 0 Å². The van der Waals surface area contributed by atoms with Crippen molar-refractivity contribution >= 4 is 16.1 Å². The second kappa shape index (κ2) is 7.97.